The second-order valence-electron chi connectivity index (χ2n) is 7.48. The molecular weight excluding hydrogens is 442 g/mol. The molecule has 0 spiro atoms. The summed E-state index contributed by atoms with van der Waals surface area (Å²) in [5, 5.41) is 13.9. The fourth-order valence-corrected chi connectivity index (χ4v) is 3.21. The van der Waals surface area contributed by atoms with Gasteiger partial charge in [-0.3, -0.25) is 14.4 Å². The fraction of sp³-hybridized carbons (Fsp3) is 0.286. The minimum absolute atomic E-state index is 0.0174. The van der Waals surface area contributed by atoms with Crippen molar-refractivity contribution in [1.82, 2.24) is 30.6 Å². The van der Waals surface area contributed by atoms with Crippen LogP contribution in [0.4, 0.5) is 17.5 Å². The molecule has 2 aromatic heterocycles. The third-order valence-corrected chi connectivity index (χ3v) is 4.99. The van der Waals surface area contributed by atoms with Crippen molar-refractivity contribution in [3.63, 3.8) is 0 Å². The largest absolute Gasteiger partial charge is 0.481 e. The van der Waals surface area contributed by atoms with Crippen LogP contribution in [0, 0.1) is 0 Å². The van der Waals surface area contributed by atoms with Crippen LogP contribution in [-0.2, 0) is 16.1 Å². The highest BCUT2D eigenvalue weighted by atomic mass is 16.4. The summed E-state index contributed by atoms with van der Waals surface area (Å²) < 4.78 is 0. The van der Waals surface area contributed by atoms with Gasteiger partial charge in [-0.25, -0.2) is 9.97 Å². The van der Waals surface area contributed by atoms with Gasteiger partial charge in [-0.05, 0) is 30.7 Å². The molecule has 1 atom stereocenters. The van der Waals surface area contributed by atoms with E-state index in [1.54, 1.807) is 30.5 Å². The summed E-state index contributed by atoms with van der Waals surface area (Å²) in [6.45, 7) is 0.395. The van der Waals surface area contributed by atoms with Crippen molar-refractivity contribution in [2.24, 2.45) is 0 Å². The van der Waals surface area contributed by atoms with Crippen molar-refractivity contribution >= 4 is 46.4 Å². The number of carboxylic acid groups (broad SMARTS) is 1. The lowest BCUT2D eigenvalue weighted by atomic mass is 10.1. The molecule has 13 nitrogen and oxygen atoms in total. The Labute approximate surface area is 194 Å². The van der Waals surface area contributed by atoms with Gasteiger partial charge in [-0.15, -0.1) is 0 Å². The summed E-state index contributed by atoms with van der Waals surface area (Å²) in [4.78, 5) is 53.9. The lowest BCUT2D eigenvalue weighted by Gasteiger charge is -2.20. The standard InChI is InChI=1S/C21H25N9O4/c1-24-20(34)14(7-8-15(31)32)27-19(33)11-3-5-13(6-4-11)30(2)10-12-9-25-18-16(26-12)17(22)28-21(23)29-18/h3-6,9,14H,7-8,10H2,1-2H3,(H,24,34)(H,27,33)(H,31,32)(H4,22,23,25,28,29)/t14-/m0/s1. The number of carboxylic acids is 1. The zero-order valence-electron chi connectivity index (χ0n) is 18.6. The summed E-state index contributed by atoms with van der Waals surface area (Å²) in [5.41, 5.74) is 13.9. The highest BCUT2D eigenvalue weighted by Gasteiger charge is 2.21. The highest BCUT2D eigenvalue weighted by molar-refractivity contribution is 5.97. The molecule has 0 aliphatic carbocycles. The molecule has 0 aliphatic rings. The number of carbonyl (C=O) groups is 3. The minimum Gasteiger partial charge on any atom is -0.481 e. The molecule has 7 N–H and O–H groups in total. The number of nitrogens with two attached hydrogens (primary N) is 2. The van der Waals surface area contributed by atoms with Gasteiger partial charge in [0, 0.05) is 31.8 Å². The number of nitrogens with zero attached hydrogens (tertiary/aromatic N) is 5. The molecule has 178 valence electrons. The zero-order chi connectivity index (χ0) is 24.8. The Morgan fingerprint density at radius 3 is 2.47 bits per heavy atom. The average Bonchev–Trinajstić information content (AvgIpc) is 2.81. The first-order valence-electron chi connectivity index (χ1n) is 10.3. The van der Waals surface area contributed by atoms with Crippen LogP contribution in [0.1, 0.15) is 28.9 Å². The number of amides is 2. The number of nitrogen functional groups attached to an aromatic ring is 2. The van der Waals surface area contributed by atoms with Gasteiger partial charge in [0.2, 0.25) is 11.9 Å². The summed E-state index contributed by atoms with van der Waals surface area (Å²) in [6, 6.07) is 5.76. The molecule has 0 radical (unpaired) electrons. The van der Waals surface area contributed by atoms with Gasteiger partial charge in [0.25, 0.3) is 5.91 Å². The number of hydrogen-bond acceptors (Lipinski definition) is 10. The molecule has 0 saturated heterocycles. The Kier molecular flexibility index (Phi) is 7.36. The van der Waals surface area contributed by atoms with E-state index in [-0.39, 0.29) is 24.6 Å². The maximum atomic E-state index is 12.6. The number of hydrogen-bond donors (Lipinski definition) is 5. The molecule has 0 unspecified atom stereocenters. The number of likely N-dealkylation sites (N-methyl/N-ethyl adjacent to an activating group) is 1. The summed E-state index contributed by atoms with van der Waals surface area (Å²) in [6.07, 6.45) is 1.31. The maximum Gasteiger partial charge on any atom is 0.303 e. The van der Waals surface area contributed by atoms with E-state index in [9.17, 15) is 14.4 Å². The molecule has 3 aromatic rings. The first kappa shape index (κ1) is 24.1. The molecule has 2 heterocycles. The normalized spacial score (nSPS) is 11.6. The average molecular weight is 467 g/mol. The lowest BCUT2D eigenvalue weighted by molar-refractivity contribution is -0.137. The van der Waals surface area contributed by atoms with E-state index < -0.39 is 23.8 Å². The third-order valence-electron chi connectivity index (χ3n) is 4.99. The topological polar surface area (TPSA) is 202 Å². The smallest absolute Gasteiger partial charge is 0.303 e. The molecule has 0 bridgehead atoms. The number of nitrogens with one attached hydrogen (secondary N) is 2. The molecule has 1 aromatic carbocycles. The third kappa shape index (κ3) is 5.82. The molecular formula is C21H25N9O4. The predicted octanol–water partition coefficient (Wildman–Crippen LogP) is -0.0702. The number of anilines is 3. The molecule has 2 amide bonds. The molecule has 3 rings (SSSR count). The van der Waals surface area contributed by atoms with Crippen LogP contribution in [0.3, 0.4) is 0 Å². The Balaban J connectivity index is 1.68. The SMILES string of the molecule is CNC(=O)[C@H](CCC(=O)O)NC(=O)c1ccc(N(C)Cc2cnc3nc(N)nc(N)c3n2)cc1. The minimum atomic E-state index is -1.05. The number of fused-ring (bicyclic) bond motifs is 1. The van der Waals surface area contributed by atoms with Gasteiger partial charge >= 0.3 is 5.97 Å². The van der Waals surface area contributed by atoms with Crippen LogP contribution < -0.4 is 27.0 Å². The molecule has 0 aliphatic heterocycles. The predicted molar refractivity (Wildman–Crippen MR) is 125 cm³/mol. The summed E-state index contributed by atoms with van der Waals surface area (Å²) in [7, 11) is 3.26. The van der Waals surface area contributed by atoms with Crippen molar-refractivity contribution in [3.05, 3.63) is 41.7 Å². The van der Waals surface area contributed by atoms with Crippen molar-refractivity contribution in [1.29, 1.82) is 0 Å². The number of carbonyl (C=O) groups excluding carboxylic acids is 2. The van der Waals surface area contributed by atoms with E-state index in [1.807, 2.05) is 11.9 Å². The van der Waals surface area contributed by atoms with Crippen molar-refractivity contribution in [2.75, 3.05) is 30.5 Å². The zero-order valence-corrected chi connectivity index (χ0v) is 18.6. The second kappa shape index (κ2) is 10.4. The van der Waals surface area contributed by atoms with E-state index in [1.165, 1.54) is 7.05 Å². The number of aliphatic carboxylic acids is 1. The van der Waals surface area contributed by atoms with Crippen molar-refractivity contribution in [2.45, 2.75) is 25.4 Å². The highest BCUT2D eigenvalue weighted by Crippen LogP contribution is 2.19. The summed E-state index contributed by atoms with van der Waals surface area (Å²) >= 11 is 0. The van der Waals surface area contributed by atoms with Crippen LogP contribution in [0.5, 0.6) is 0 Å². The second-order valence-corrected chi connectivity index (χ2v) is 7.48. The Hall–Kier alpha value is -4.55. The number of rotatable bonds is 9. The van der Waals surface area contributed by atoms with Crippen molar-refractivity contribution < 1.29 is 19.5 Å². The molecule has 13 heteroatoms. The lowest BCUT2D eigenvalue weighted by Crippen LogP contribution is -2.45. The van der Waals surface area contributed by atoms with E-state index in [2.05, 4.69) is 30.6 Å². The first-order valence-corrected chi connectivity index (χ1v) is 10.3. The quantitative estimate of drug-likeness (QED) is 0.282. The first-order chi connectivity index (χ1) is 16.2. The molecule has 34 heavy (non-hydrogen) atoms. The van der Waals surface area contributed by atoms with Crippen LogP contribution >= 0.6 is 0 Å². The van der Waals surface area contributed by atoms with E-state index in [4.69, 9.17) is 16.6 Å². The Bertz CT molecular complexity index is 1220. The summed E-state index contributed by atoms with van der Waals surface area (Å²) in [5.74, 6) is -1.82. The van der Waals surface area contributed by atoms with E-state index in [0.29, 0.717) is 29.0 Å². The van der Waals surface area contributed by atoms with Crippen LogP contribution in [0.2, 0.25) is 0 Å². The Morgan fingerprint density at radius 2 is 1.82 bits per heavy atom. The van der Waals surface area contributed by atoms with Gasteiger partial charge in [0.05, 0.1) is 18.4 Å². The van der Waals surface area contributed by atoms with Gasteiger partial charge in [-0.1, -0.05) is 0 Å². The maximum absolute atomic E-state index is 12.6. The van der Waals surface area contributed by atoms with Gasteiger partial charge in [-0.2, -0.15) is 9.97 Å². The monoisotopic (exact) mass is 467 g/mol. The van der Waals surface area contributed by atoms with E-state index in [0.717, 1.165) is 5.69 Å². The van der Waals surface area contributed by atoms with Crippen LogP contribution in [0.15, 0.2) is 30.5 Å². The number of aromatic nitrogens is 4. The van der Waals surface area contributed by atoms with Crippen molar-refractivity contribution in [3.8, 4) is 0 Å². The fourth-order valence-electron chi connectivity index (χ4n) is 3.21. The molecule has 0 fully saturated rings. The molecule has 0 saturated carbocycles. The Morgan fingerprint density at radius 1 is 1.12 bits per heavy atom. The van der Waals surface area contributed by atoms with Gasteiger partial charge in [0.15, 0.2) is 17.0 Å². The number of benzene rings is 1. The van der Waals surface area contributed by atoms with Gasteiger partial charge < -0.3 is 32.1 Å². The van der Waals surface area contributed by atoms with Crippen LogP contribution in [0.25, 0.3) is 11.2 Å². The van der Waals surface area contributed by atoms with Gasteiger partial charge in [0.1, 0.15) is 6.04 Å². The van der Waals surface area contributed by atoms with E-state index >= 15 is 0 Å². The van der Waals surface area contributed by atoms with Crippen LogP contribution in [-0.4, -0.2) is 63.0 Å².